The molecule has 3 rings (SSSR count). The van der Waals surface area contributed by atoms with E-state index in [1.54, 1.807) is 7.11 Å². The maximum Gasteiger partial charge on any atom is 0.119 e. The van der Waals surface area contributed by atoms with Crippen molar-refractivity contribution in [3.8, 4) is 5.75 Å². The van der Waals surface area contributed by atoms with Gasteiger partial charge in [0.2, 0.25) is 0 Å². The molecule has 0 bridgehead atoms. The average molecular weight is 277 g/mol. The third kappa shape index (κ3) is 3.09. The van der Waals surface area contributed by atoms with E-state index < -0.39 is 0 Å². The summed E-state index contributed by atoms with van der Waals surface area (Å²) in [5.74, 6) is 2.34. The van der Waals surface area contributed by atoms with Crippen LogP contribution in [0.3, 0.4) is 0 Å². The molecule has 1 heterocycles. The maximum atomic E-state index is 5.33. The lowest BCUT2D eigenvalue weighted by molar-refractivity contribution is 0.410. The van der Waals surface area contributed by atoms with Gasteiger partial charge < -0.3 is 10.1 Å². The first-order valence-corrected chi connectivity index (χ1v) is 8.43. The second-order valence-corrected chi connectivity index (χ2v) is 6.96. The van der Waals surface area contributed by atoms with Crippen molar-refractivity contribution in [3.63, 3.8) is 0 Å². The highest BCUT2D eigenvalue weighted by Crippen LogP contribution is 2.33. The minimum atomic E-state index is 0.552. The Balaban J connectivity index is 1.67. The molecular weight excluding hydrogens is 254 g/mol. The molecule has 0 amide bonds. The quantitative estimate of drug-likeness (QED) is 0.909. The molecule has 2 unspecified atom stereocenters. The number of hydrogen-bond acceptors (Lipinski definition) is 3. The Labute approximate surface area is 120 Å². The van der Waals surface area contributed by atoms with E-state index in [-0.39, 0.29) is 0 Å². The number of hydrogen-bond donors (Lipinski definition) is 1. The molecule has 3 heteroatoms. The summed E-state index contributed by atoms with van der Waals surface area (Å²) in [6.07, 6.45) is 6.55. The van der Waals surface area contributed by atoms with Gasteiger partial charge in [0.15, 0.2) is 0 Å². The third-order valence-electron chi connectivity index (χ3n) is 4.28. The number of fused-ring (bicyclic) bond motifs is 1. The number of benzene rings is 1. The van der Waals surface area contributed by atoms with Gasteiger partial charge in [-0.05, 0) is 61.1 Å². The van der Waals surface area contributed by atoms with E-state index in [1.807, 2.05) is 0 Å². The summed E-state index contributed by atoms with van der Waals surface area (Å²) >= 11 is 2.14. The molecule has 1 fully saturated rings. The fraction of sp³-hybridized carbons (Fsp3) is 0.625. The third-order valence-corrected chi connectivity index (χ3v) is 5.68. The molecular formula is C16H23NOS. The molecule has 1 aliphatic heterocycles. The first-order chi connectivity index (χ1) is 9.36. The van der Waals surface area contributed by atoms with Crippen molar-refractivity contribution in [2.24, 2.45) is 0 Å². The van der Waals surface area contributed by atoms with Crippen LogP contribution in [0.2, 0.25) is 0 Å². The van der Waals surface area contributed by atoms with E-state index in [2.05, 4.69) is 35.3 Å². The van der Waals surface area contributed by atoms with Crippen LogP contribution in [0.1, 0.15) is 42.9 Å². The van der Waals surface area contributed by atoms with Gasteiger partial charge in [0.05, 0.1) is 7.11 Å². The minimum Gasteiger partial charge on any atom is -0.497 e. The predicted molar refractivity (Wildman–Crippen MR) is 82.2 cm³/mol. The van der Waals surface area contributed by atoms with Crippen molar-refractivity contribution >= 4 is 11.8 Å². The summed E-state index contributed by atoms with van der Waals surface area (Å²) in [4.78, 5) is 0. The monoisotopic (exact) mass is 277 g/mol. The summed E-state index contributed by atoms with van der Waals surface area (Å²) in [5, 5.41) is 4.63. The Kier molecular flexibility index (Phi) is 4.34. The molecule has 2 atom stereocenters. The number of ether oxygens (including phenoxy) is 1. The van der Waals surface area contributed by atoms with E-state index >= 15 is 0 Å². The van der Waals surface area contributed by atoms with Crippen LogP contribution in [0.5, 0.6) is 5.75 Å². The zero-order chi connectivity index (χ0) is 13.1. The van der Waals surface area contributed by atoms with E-state index in [0.29, 0.717) is 6.04 Å². The van der Waals surface area contributed by atoms with Gasteiger partial charge in [0.1, 0.15) is 5.75 Å². The second-order valence-electron chi connectivity index (χ2n) is 5.55. The van der Waals surface area contributed by atoms with Crippen LogP contribution in [-0.2, 0) is 6.42 Å². The highest BCUT2D eigenvalue weighted by molar-refractivity contribution is 8.00. The van der Waals surface area contributed by atoms with Crippen molar-refractivity contribution in [3.05, 3.63) is 29.3 Å². The van der Waals surface area contributed by atoms with Gasteiger partial charge in [-0.25, -0.2) is 0 Å². The molecule has 1 N–H and O–H groups in total. The largest absolute Gasteiger partial charge is 0.497 e. The Hall–Kier alpha value is -0.670. The van der Waals surface area contributed by atoms with Gasteiger partial charge >= 0.3 is 0 Å². The Morgan fingerprint density at radius 3 is 3.05 bits per heavy atom. The molecule has 1 saturated heterocycles. The number of nitrogens with one attached hydrogen (secondary N) is 1. The molecule has 1 aliphatic carbocycles. The Morgan fingerprint density at radius 2 is 2.26 bits per heavy atom. The van der Waals surface area contributed by atoms with Crippen molar-refractivity contribution < 1.29 is 4.74 Å². The number of methoxy groups -OCH3 is 1. The Morgan fingerprint density at radius 1 is 1.32 bits per heavy atom. The first kappa shape index (κ1) is 13.3. The number of rotatable bonds is 4. The maximum absolute atomic E-state index is 5.33. The van der Waals surface area contributed by atoms with Crippen LogP contribution in [0.15, 0.2) is 18.2 Å². The SMILES string of the molecule is COc1ccc2c(c1)CCCC2NCC1CCCS1. The van der Waals surface area contributed by atoms with Gasteiger partial charge in [0, 0.05) is 17.8 Å². The van der Waals surface area contributed by atoms with E-state index in [0.717, 1.165) is 11.0 Å². The van der Waals surface area contributed by atoms with Gasteiger partial charge in [-0.15, -0.1) is 0 Å². The highest BCUT2D eigenvalue weighted by Gasteiger charge is 2.22. The van der Waals surface area contributed by atoms with Crippen molar-refractivity contribution in [2.45, 2.75) is 43.4 Å². The van der Waals surface area contributed by atoms with Gasteiger partial charge in [0.25, 0.3) is 0 Å². The molecule has 1 aromatic rings. The van der Waals surface area contributed by atoms with E-state index in [1.165, 1.54) is 55.5 Å². The van der Waals surface area contributed by atoms with Crippen molar-refractivity contribution in [2.75, 3.05) is 19.4 Å². The highest BCUT2D eigenvalue weighted by atomic mass is 32.2. The lowest BCUT2D eigenvalue weighted by atomic mass is 9.87. The molecule has 19 heavy (non-hydrogen) atoms. The standard InChI is InChI=1S/C16H23NOS/c1-18-13-7-8-15-12(10-13)4-2-6-16(15)17-11-14-5-3-9-19-14/h7-8,10,14,16-17H,2-6,9,11H2,1H3. The summed E-state index contributed by atoms with van der Waals surface area (Å²) in [6.45, 7) is 1.17. The van der Waals surface area contributed by atoms with Crippen LogP contribution >= 0.6 is 11.8 Å². The zero-order valence-corrected chi connectivity index (χ0v) is 12.5. The van der Waals surface area contributed by atoms with Gasteiger partial charge in [-0.1, -0.05) is 6.07 Å². The van der Waals surface area contributed by atoms with E-state index in [4.69, 9.17) is 4.74 Å². The number of aryl methyl sites for hydroxylation is 1. The minimum absolute atomic E-state index is 0.552. The normalized spacial score (nSPS) is 26.2. The topological polar surface area (TPSA) is 21.3 Å². The number of thioether (sulfide) groups is 1. The summed E-state index contributed by atoms with van der Waals surface area (Å²) in [6, 6.07) is 7.12. The molecule has 1 aromatic carbocycles. The van der Waals surface area contributed by atoms with Crippen molar-refractivity contribution in [1.29, 1.82) is 0 Å². The van der Waals surface area contributed by atoms with Crippen LogP contribution < -0.4 is 10.1 Å². The predicted octanol–water partition coefficient (Wildman–Crippen LogP) is 3.56. The molecule has 2 aliphatic rings. The first-order valence-electron chi connectivity index (χ1n) is 7.38. The summed E-state index contributed by atoms with van der Waals surface area (Å²) in [5.41, 5.74) is 2.97. The zero-order valence-electron chi connectivity index (χ0n) is 11.7. The fourth-order valence-electron chi connectivity index (χ4n) is 3.21. The van der Waals surface area contributed by atoms with Crippen LogP contribution in [0.25, 0.3) is 0 Å². The molecule has 0 spiro atoms. The van der Waals surface area contributed by atoms with Gasteiger partial charge in [-0.3, -0.25) is 0 Å². The van der Waals surface area contributed by atoms with Crippen LogP contribution in [0, 0.1) is 0 Å². The summed E-state index contributed by atoms with van der Waals surface area (Å²) in [7, 11) is 1.75. The molecule has 0 radical (unpaired) electrons. The summed E-state index contributed by atoms with van der Waals surface area (Å²) < 4.78 is 5.33. The van der Waals surface area contributed by atoms with E-state index in [9.17, 15) is 0 Å². The fourth-order valence-corrected chi connectivity index (χ4v) is 4.42. The Bertz CT molecular complexity index is 429. The second kappa shape index (κ2) is 6.19. The molecule has 0 aromatic heterocycles. The molecule has 2 nitrogen and oxygen atoms in total. The van der Waals surface area contributed by atoms with Crippen molar-refractivity contribution in [1.82, 2.24) is 5.32 Å². The van der Waals surface area contributed by atoms with Gasteiger partial charge in [-0.2, -0.15) is 11.8 Å². The lowest BCUT2D eigenvalue weighted by Crippen LogP contribution is -2.30. The average Bonchev–Trinajstić information content (AvgIpc) is 2.97. The lowest BCUT2D eigenvalue weighted by Gasteiger charge is -2.28. The smallest absolute Gasteiger partial charge is 0.119 e. The molecule has 0 saturated carbocycles. The van der Waals surface area contributed by atoms with Crippen LogP contribution in [0.4, 0.5) is 0 Å². The van der Waals surface area contributed by atoms with Crippen LogP contribution in [-0.4, -0.2) is 24.7 Å². The molecule has 104 valence electrons.